The van der Waals surface area contributed by atoms with Gasteiger partial charge in [-0.25, -0.2) is 0 Å². The van der Waals surface area contributed by atoms with Crippen molar-refractivity contribution >= 4 is 5.97 Å². The predicted molar refractivity (Wildman–Crippen MR) is 36.8 cm³/mol. The number of esters is 1. The van der Waals surface area contributed by atoms with E-state index in [0.717, 1.165) is 0 Å². The molecular weight excluding hydrogens is 148 g/mol. The molecule has 1 fully saturated rings. The van der Waals surface area contributed by atoms with Crippen molar-refractivity contribution in [3.63, 3.8) is 0 Å². The summed E-state index contributed by atoms with van der Waals surface area (Å²) in [6.07, 6.45) is -1.75. The molecule has 64 valence electrons. The van der Waals surface area contributed by atoms with Crippen molar-refractivity contribution in [2.75, 3.05) is 0 Å². The molecule has 1 aliphatic rings. The van der Waals surface area contributed by atoms with E-state index in [1.54, 1.807) is 6.92 Å². The van der Waals surface area contributed by atoms with Crippen molar-refractivity contribution < 1.29 is 19.7 Å². The van der Waals surface area contributed by atoms with Crippen molar-refractivity contribution in [3.8, 4) is 0 Å². The third-order valence-corrected chi connectivity index (χ3v) is 1.90. The Hall–Kier alpha value is -0.610. The molecule has 4 heteroatoms. The third kappa shape index (κ3) is 1.52. The molecule has 0 aliphatic carbocycles. The number of aliphatic hydroxyl groups is 2. The molecule has 0 spiro atoms. The fourth-order valence-corrected chi connectivity index (χ4v) is 1.22. The Kier molecular flexibility index (Phi) is 1.90. The zero-order chi connectivity index (χ0) is 8.65. The lowest BCUT2D eigenvalue weighted by Crippen LogP contribution is -2.53. The largest absolute Gasteiger partial charge is 0.460 e. The molecule has 0 saturated carbocycles. The number of hydrogen-bond acceptors (Lipinski definition) is 4. The Bertz CT molecular complexity index is 175. The third-order valence-electron chi connectivity index (χ3n) is 1.90. The van der Waals surface area contributed by atoms with Crippen molar-refractivity contribution in [2.45, 2.75) is 38.1 Å². The van der Waals surface area contributed by atoms with E-state index < -0.39 is 23.8 Å². The number of aliphatic hydroxyl groups excluding tert-OH is 1. The maximum absolute atomic E-state index is 10.7. The molecule has 0 radical (unpaired) electrons. The number of cyclic esters (lactones) is 1. The van der Waals surface area contributed by atoms with E-state index in [-0.39, 0.29) is 6.42 Å². The summed E-state index contributed by atoms with van der Waals surface area (Å²) in [5, 5.41) is 18.7. The van der Waals surface area contributed by atoms with Gasteiger partial charge in [-0.3, -0.25) is 4.79 Å². The van der Waals surface area contributed by atoms with Gasteiger partial charge in [0.1, 0.15) is 17.8 Å². The molecule has 4 nitrogen and oxygen atoms in total. The second kappa shape index (κ2) is 2.46. The van der Waals surface area contributed by atoms with E-state index in [1.165, 1.54) is 6.92 Å². The van der Waals surface area contributed by atoms with Crippen LogP contribution in [0.3, 0.4) is 0 Å². The minimum Gasteiger partial charge on any atom is -0.460 e. The summed E-state index contributed by atoms with van der Waals surface area (Å²) in [6.45, 7) is 2.98. The number of carbonyl (C=O) groups is 1. The highest BCUT2D eigenvalue weighted by atomic mass is 16.6. The van der Waals surface area contributed by atoms with Crippen LogP contribution in [0.15, 0.2) is 0 Å². The summed E-state index contributed by atoms with van der Waals surface area (Å²) >= 11 is 0. The number of ether oxygens (including phenoxy) is 1. The second-order valence-electron chi connectivity index (χ2n) is 3.17. The first-order chi connectivity index (χ1) is 4.93. The zero-order valence-electron chi connectivity index (χ0n) is 6.57. The smallest absolute Gasteiger partial charge is 0.309 e. The molecule has 3 unspecified atom stereocenters. The first-order valence-corrected chi connectivity index (χ1v) is 3.53. The summed E-state index contributed by atoms with van der Waals surface area (Å²) in [6, 6.07) is 0. The van der Waals surface area contributed by atoms with Crippen LogP contribution in [-0.4, -0.2) is 34.0 Å². The Morgan fingerprint density at radius 2 is 2.27 bits per heavy atom. The summed E-state index contributed by atoms with van der Waals surface area (Å²) in [4.78, 5) is 10.7. The molecule has 2 N–H and O–H groups in total. The Morgan fingerprint density at radius 3 is 2.73 bits per heavy atom. The molecule has 0 aromatic rings. The van der Waals surface area contributed by atoms with Crippen molar-refractivity contribution in [1.29, 1.82) is 0 Å². The monoisotopic (exact) mass is 160 g/mol. The van der Waals surface area contributed by atoms with Crippen molar-refractivity contribution in [1.82, 2.24) is 0 Å². The second-order valence-corrected chi connectivity index (χ2v) is 3.17. The van der Waals surface area contributed by atoms with Gasteiger partial charge in [-0.2, -0.15) is 0 Å². The Balaban J connectivity index is 2.75. The summed E-state index contributed by atoms with van der Waals surface area (Å²) in [5.74, 6) is -0.465. The van der Waals surface area contributed by atoms with Crippen LogP contribution in [0.2, 0.25) is 0 Å². The van der Waals surface area contributed by atoms with E-state index in [1.807, 2.05) is 0 Å². The van der Waals surface area contributed by atoms with Gasteiger partial charge in [0, 0.05) is 0 Å². The molecule has 0 aromatic carbocycles. The van der Waals surface area contributed by atoms with Gasteiger partial charge in [0.05, 0.1) is 6.42 Å². The maximum Gasteiger partial charge on any atom is 0.309 e. The molecule has 1 saturated heterocycles. The average molecular weight is 160 g/mol. The Labute approximate surface area is 64.8 Å². The highest BCUT2D eigenvalue weighted by Crippen LogP contribution is 2.25. The highest BCUT2D eigenvalue weighted by Gasteiger charge is 2.42. The van der Waals surface area contributed by atoms with Gasteiger partial charge in [0.2, 0.25) is 0 Å². The van der Waals surface area contributed by atoms with Crippen LogP contribution in [0, 0.1) is 0 Å². The molecule has 0 amide bonds. The van der Waals surface area contributed by atoms with Crippen LogP contribution >= 0.6 is 0 Å². The van der Waals surface area contributed by atoms with Crippen LogP contribution < -0.4 is 0 Å². The SMILES string of the molecule is CC1OC(=O)CC(C)(O)C1O. The lowest BCUT2D eigenvalue weighted by atomic mass is 9.89. The quantitative estimate of drug-likeness (QED) is 0.466. The van der Waals surface area contributed by atoms with Gasteiger partial charge in [-0.15, -0.1) is 0 Å². The van der Waals surface area contributed by atoms with Crippen LogP contribution in [-0.2, 0) is 9.53 Å². The molecule has 0 aromatic heterocycles. The normalized spacial score (nSPS) is 45.3. The minimum atomic E-state index is -1.34. The maximum atomic E-state index is 10.7. The lowest BCUT2D eigenvalue weighted by Gasteiger charge is -2.36. The fourth-order valence-electron chi connectivity index (χ4n) is 1.22. The standard InChI is InChI=1S/C7H12O4/c1-4-6(9)7(2,10)3-5(8)11-4/h4,6,9-10H,3H2,1-2H3. The Morgan fingerprint density at radius 1 is 1.73 bits per heavy atom. The molecule has 1 rings (SSSR count). The van der Waals surface area contributed by atoms with E-state index in [2.05, 4.69) is 4.74 Å². The van der Waals surface area contributed by atoms with E-state index in [0.29, 0.717) is 0 Å². The summed E-state index contributed by atoms with van der Waals surface area (Å²) in [5.41, 5.74) is -1.34. The van der Waals surface area contributed by atoms with Gasteiger partial charge in [0.15, 0.2) is 0 Å². The predicted octanol–water partition coefficient (Wildman–Crippen LogP) is -0.566. The topological polar surface area (TPSA) is 66.8 Å². The number of rotatable bonds is 0. The molecule has 3 atom stereocenters. The van der Waals surface area contributed by atoms with Crippen LogP contribution in [0.4, 0.5) is 0 Å². The lowest BCUT2D eigenvalue weighted by molar-refractivity contribution is -0.193. The van der Waals surface area contributed by atoms with Crippen molar-refractivity contribution in [3.05, 3.63) is 0 Å². The first-order valence-electron chi connectivity index (χ1n) is 3.53. The summed E-state index contributed by atoms with van der Waals surface area (Å²) in [7, 11) is 0. The molecular formula is C7H12O4. The van der Waals surface area contributed by atoms with E-state index >= 15 is 0 Å². The van der Waals surface area contributed by atoms with Crippen LogP contribution in [0.1, 0.15) is 20.3 Å². The van der Waals surface area contributed by atoms with Gasteiger partial charge < -0.3 is 14.9 Å². The molecule has 1 aliphatic heterocycles. The highest BCUT2D eigenvalue weighted by molar-refractivity contribution is 5.72. The number of hydrogen-bond donors (Lipinski definition) is 2. The van der Waals surface area contributed by atoms with Gasteiger partial charge in [0.25, 0.3) is 0 Å². The van der Waals surface area contributed by atoms with E-state index in [9.17, 15) is 15.0 Å². The zero-order valence-corrected chi connectivity index (χ0v) is 6.57. The molecule has 1 heterocycles. The van der Waals surface area contributed by atoms with Crippen molar-refractivity contribution in [2.24, 2.45) is 0 Å². The van der Waals surface area contributed by atoms with Gasteiger partial charge in [-0.1, -0.05) is 0 Å². The fraction of sp³-hybridized carbons (Fsp3) is 0.857. The first kappa shape index (κ1) is 8.49. The average Bonchev–Trinajstić information content (AvgIpc) is 1.81. The summed E-state index contributed by atoms with van der Waals surface area (Å²) < 4.78 is 4.69. The number of carbonyl (C=O) groups excluding carboxylic acids is 1. The van der Waals surface area contributed by atoms with Crippen LogP contribution in [0.25, 0.3) is 0 Å². The van der Waals surface area contributed by atoms with Gasteiger partial charge >= 0.3 is 5.97 Å². The minimum absolute atomic E-state index is 0.140. The van der Waals surface area contributed by atoms with Gasteiger partial charge in [-0.05, 0) is 13.8 Å². The van der Waals surface area contributed by atoms with Crippen LogP contribution in [0.5, 0.6) is 0 Å². The molecule has 0 bridgehead atoms. The molecule has 11 heavy (non-hydrogen) atoms. The van der Waals surface area contributed by atoms with E-state index in [4.69, 9.17) is 0 Å².